The summed E-state index contributed by atoms with van der Waals surface area (Å²) in [5.41, 5.74) is 1.32. The summed E-state index contributed by atoms with van der Waals surface area (Å²) in [6.45, 7) is 7.11. The van der Waals surface area contributed by atoms with Crippen LogP contribution < -0.4 is 9.42 Å². The summed E-state index contributed by atoms with van der Waals surface area (Å²) in [7, 11) is -2.09. The largest absolute Gasteiger partial charge is 0.776 e. The molecule has 0 aromatic heterocycles. The Morgan fingerprint density at radius 2 is 1.48 bits per heavy atom. The summed E-state index contributed by atoms with van der Waals surface area (Å²) in [6, 6.07) is 7.96. The van der Waals surface area contributed by atoms with Crippen LogP contribution in [0.15, 0.2) is 24.3 Å². The Morgan fingerprint density at radius 3 is 2.11 bits per heavy atom. The molecule has 1 aromatic carbocycles. The standard InChI is InChI=1S/C23H40O3P/c1-4-7-9-10-11-12-13-15-22-16-18-23(19-17-22)26-27(24)25-20-21(6-3)14-8-5-2/h16-19,21H,4-15,20H2,1-3H3/q-1. The molecule has 0 N–H and O–H groups in total. The van der Waals surface area contributed by atoms with Crippen LogP contribution in [0.3, 0.4) is 0 Å². The van der Waals surface area contributed by atoms with E-state index in [4.69, 9.17) is 9.05 Å². The fourth-order valence-corrected chi connectivity index (χ4v) is 3.86. The van der Waals surface area contributed by atoms with Crippen molar-refractivity contribution in [1.29, 1.82) is 0 Å². The fourth-order valence-electron chi connectivity index (χ4n) is 3.18. The van der Waals surface area contributed by atoms with E-state index in [2.05, 4.69) is 32.9 Å². The zero-order chi connectivity index (χ0) is 19.7. The van der Waals surface area contributed by atoms with Gasteiger partial charge in [0.2, 0.25) is 0 Å². The topological polar surface area (TPSA) is 41.5 Å². The molecular formula is C23H40O3P-. The SMILES string of the molecule is CCCCCCCCCc1ccc(OP([O-])OCC(CC)CCCC)cc1. The Hall–Kier alpha value is -0.630. The molecule has 0 fully saturated rings. The molecule has 1 aromatic rings. The maximum atomic E-state index is 12.0. The van der Waals surface area contributed by atoms with Crippen molar-refractivity contribution in [2.75, 3.05) is 6.61 Å². The number of unbranched alkanes of at least 4 members (excludes halogenated alkanes) is 7. The monoisotopic (exact) mass is 395 g/mol. The van der Waals surface area contributed by atoms with Crippen LogP contribution in [-0.4, -0.2) is 6.61 Å². The van der Waals surface area contributed by atoms with Gasteiger partial charge in [-0.25, -0.2) is 0 Å². The van der Waals surface area contributed by atoms with Crippen LogP contribution in [-0.2, 0) is 10.9 Å². The lowest BCUT2D eigenvalue weighted by Crippen LogP contribution is -2.12. The third-order valence-corrected chi connectivity index (χ3v) is 5.85. The first-order chi connectivity index (χ1) is 13.2. The molecule has 1 rings (SSSR count). The highest BCUT2D eigenvalue weighted by atomic mass is 31.2. The summed E-state index contributed by atoms with van der Waals surface area (Å²) < 4.78 is 10.9. The Bertz CT molecular complexity index is 449. The zero-order valence-electron chi connectivity index (χ0n) is 17.8. The maximum Gasteiger partial charge on any atom is 0.147 e. The molecule has 4 heteroatoms. The van der Waals surface area contributed by atoms with Crippen molar-refractivity contribution in [3.8, 4) is 5.75 Å². The predicted molar refractivity (Wildman–Crippen MR) is 115 cm³/mol. The highest BCUT2D eigenvalue weighted by Gasteiger charge is 2.08. The molecule has 27 heavy (non-hydrogen) atoms. The van der Waals surface area contributed by atoms with E-state index >= 15 is 0 Å². The summed E-state index contributed by atoms with van der Waals surface area (Å²) >= 11 is 0. The van der Waals surface area contributed by atoms with Gasteiger partial charge in [0.1, 0.15) is 14.4 Å². The molecule has 0 amide bonds. The normalized spacial score (nSPS) is 13.5. The van der Waals surface area contributed by atoms with E-state index in [1.807, 2.05) is 12.1 Å². The van der Waals surface area contributed by atoms with Gasteiger partial charge in [-0.1, -0.05) is 90.7 Å². The van der Waals surface area contributed by atoms with Crippen molar-refractivity contribution in [2.45, 2.75) is 97.8 Å². The van der Waals surface area contributed by atoms with Crippen LogP contribution in [0.1, 0.15) is 97.0 Å². The molecule has 0 saturated carbocycles. The van der Waals surface area contributed by atoms with E-state index in [1.165, 1.54) is 63.4 Å². The minimum atomic E-state index is -2.09. The van der Waals surface area contributed by atoms with Crippen LogP contribution in [0.25, 0.3) is 0 Å². The van der Waals surface area contributed by atoms with E-state index in [0.717, 1.165) is 19.3 Å². The highest BCUT2D eigenvalue weighted by molar-refractivity contribution is 7.39. The van der Waals surface area contributed by atoms with Gasteiger partial charge in [-0.2, -0.15) is 0 Å². The minimum Gasteiger partial charge on any atom is -0.776 e. The average Bonchev–Trinajstić information content (AvgIpc) is 2.68. The summed E-state index contributed by atoms with van der Waals surface area (Å²) in [5, 5.41) is 0. The van der Waals surface area contributed by atoms with Gasteiger partial charge in [0.05, 0.1) is 6.61 Å². The molecule has 156 valence electrons. The Balaban J connectivity index is 2.21. The molecule has 0 radical (unpaired) electrons. The quantitative estimate of drug-likeness (QED) is 0.207. The second-order valence-electron chi connectivity index (χ2n) is 7.54. The van der Waals surface area contributed by atoms with Crippen molar-refractivity contribution in [3.63, 3.8) is 0 Å². The fraction of sp³-hybridized carbons (Fsp3) is 0.739. The first-order valence-corrected chi connectivity index (χ1v) is 12.2. The van der Waals surface area contributed by atoms with Gasteiger partial charge in [-0.05, 0) is 42.9 Å². The summed E-state index contributed by atoms with van der Waals surface area (Å²) in [5.74, 6) is 1.10. The molecular weight excluding hydrogens is 355 g/mol. The predicted octanol–water partition coefficient (Wildman–Crippen LogP) is 7.18. The lowest BCUT2D eigenvalue weighted by atomic mass is 10.0. The second kappa shape index (κ2) is 16.3. The molecule has 3 nitrogen and oxygen atoms in total. The Labute approximate surface area is 168 Å². The first-order valence-electron chi connectivity index (χ1n) is 11.1. The Kier molecular flexibility index (Phi) is 14.8. The van der Waals surface area contributed by atoms with Crippen LogP contribution >= 0.6 is 8.60 Å². The lowest BCUT2D eigenvalue weighted by Gasteiger charge is -2.25. The highest BCUT2D eigenvalue weighted by Crippen LogP contribution is 2.32. The van der Waals surface area contributed by atoms with E-state index < -0.39 is 8.60 Å². The number of aryl methyl sites for hydroxylation is 1. The van der Waals surface area contributed by atoms with Crippen LogP contribution in [0.2, 0.25) is 0 Å². The molecule has 0 saturated heterocycles. The van der Waals surface area contributed by atoms with Crippen LogP contribution in [0.4, 0.5) is 0 Å². The molecule has 2 unspecified atom stereocenters. The van der Waals surface area contributed by atoms with Gasteiger partial charge in [-0.15, -0.1) is 0 Å². The van der Waals surface area contributed by atoms with Gasteiger partial charge in [0.25, 0.3) is 0 Å². The summed E-state index contributed by atoms with van der Waals surface area (Å²) in [6.07, 6.45) is 15.0. The van der Waals surface area contributed by atoms with Crippen molar-refractivity contribution in [2.24, 2.45) is 5.92 Å². The van der Waals surface area contributed by atoms with Crippen molar-refractivity contribution in [1.82, 2.24) is 0 Å². The average molecular weight is 396 g/mol. The molecule has 0 bridgehead atoms. The van der Waals surface area contributed by atoms with Gasteiger partial charge in [0, 0.05) is 0 Å². The van der Waals surface area contributed by atoms with Crippen molar-refractivity contribution >= 4 is 8.60 Å². The number of rotatable bonds is 17. The lowest BCUT2D eigenvalue weighted by molar-refractivity contribution is -0.197. The Morgan fingerprint density at radius 1 is 0.852 bits per heavy atom. The van der Waals surface area contributed by atoms with Gasteiger partial charge >= 0.3 is 0 Å². The maximum absolute atomic E-state index is 12.0. The molecule has 0 heterocycles. The second-order valence-corrected chi connectivity index (χ2v) is 8.43. The third kappa shape index (κ3) is 12.4. The zero-order valence-corrected chi connectivity index (χ0v) is 18.6. The van der Waals surface area contributed by atoms with Gasteiger partial charge in [0.15, 0.2) is 0 Å². The van der Waals surface area contributed by atoms with E-state index in [1.54, 1.807) is 0 Å². The van der Waals surface area contributed by atoms with Crippen LogP contribution in [0.5, 0.6) is 5.75 Å². The van der Waals surface area contributed by atoms with E-state index in [9.17, 15) is 4.89 Å². The number of hydrogen-bond acceptors (Lipinski definition) is 3. The molecule has 0 aliphatic heterocycles. The number of benzene rings is 1. The third-order valence-electron chi connectivity index (χ3n) is 5.13. The van der Waals surface area contributed by atoms with Gasteiger partial charge in [-0.3, -0.25) is 0 Å². The van der Waals surface area contributed by atoms with Crippen LogP contribution in [0, 0.1) is 5.92 Å². The first kappa shape index (κ1) is 24.4. The number of hydrogen-bond donors (Lipinski definition) is 0. The molecule has 0 aliphatic rings. The van der Waals surface area contributed by atoms with Crippen molar-refractivity contribution in [3.05, 3.63) is 29.8 Å². The van der Waals surface area contributed by atoms with Crippen molar-refractivity contribution < 1.29 is 13.9 Å². The van der Waals surface area contributed by atoms with E-state index in [0.29, 0.717) is 18.3 Å². The minimum absolute atomic E-state index is 0.469. The molecule has 2 atom stereocenters. The molecule has 0 spiro atoms. The summed E-state index contributed by atoms with van der Waals surface area (Å²) in [4.78, 5) is 12.0. The van der Waals surface area contributed by atoms with E-state index in [-0.39, 0.29) is 0 Å². The molecule has 0 aliphatic carbocycles. The smallest absolute Gasteiger partial charge is 0.147 e. The van der Waals surface area contributed by atoms with Gasteiger partial charge < -0.3 is 13.9 Å².